The number of hydrogen-bond donors (Lipinski definition) is 0. The lowest BCUT2D eigenvalue weighted by molar-refractivity contribution is -0.0899. The van der Waals surface area contributed by atoms with Crippen LogP contribution in [0, 0.1) is 5.41 Å². The van der Waals surface area contributed by atoms with Crippen LogP contribution >= 0.6 is 0 Å². The molecule has 2 nitrogen and oxygen atoms in total. The van der Waals surface area contributed by atoms with Gasteiger partial charge in [0.05, 0.1) is 12.7 Å². The first-order valence-electron chi connectivity index (χ1n) is 6.11. The summed E-state index contributed by atoms with van der Waals surface area (Å²) >= 11 is 0. The minimum Gasteiger partial charge on any atom is -0.375 e. The van der Waals surface area contributed by atoms with Crippen molar-refractivity contribution in [2.24, 2.45) is 5.41 Å². The molecule has 0 N–H and O–H groups in total. The monoisotopic (exact) mass is 211 g/mol. The van der Waals surface area contributed by atoms with Gasteiger partial charge < -0.3 is 4.74 Å². The molecule has 3 atom stereocenters. The van der Waals surface area contributed by atoms with Gasteiger partial charge in [0.2, 0.25) is 0 Å². The molecule has 0 aromatic rings. The normalized spacial score (nSPS) is 37.6. The van der Waals surface area contributed by atoms with Crippen molar-refractivity contribution >= 4 is 0 Å². The third-order valence-electron chi connectivity index (χ3n) is 3.71. The molecule has 2 heterocycles. The Labute approximate surface area is 94.0 Å². The Morgan fingerprint density at radius 1 is 1.07 bits per heavy atom. The zero-order valence-corrected chi connectivity index (χ0v) is 11.0. The van der Waals surface area contributed by atoms with Crippen LogP contribution < -0.4 is 0 Å². The van der Waals surface area contributed by atoms with Crippen LogP contribution in [0.5, 0.6) is 0 Å². The highest BCUT2D eigenvalue weighted by molar-refractivity contribution is 5.07. The van der Waals surface area contributed by atoms with Gasteiger partial charge in [-0.25, -0.2) is 0 Å². The van der Waals surface area contributed by atoms with E-state index in [2.05, 4.69) is 46.4 Å². The summed E-state index contributed by atoms with van der Waals surface area (Å²) in [5.74, 6) is 0. The molecule has 2 fully saturated rings. The van der Waals surface area contributed by atoms with Gasteiger partial charge in [-0.3, -0.25) is 4.90 Å². The number of fused-ring (bicyclic) bond motifs is 2. The molecule has 2 aliphatic heterocycles. The van der Waals surface area contributed by atoms with E-state index in [-0.39, 0.29) is 5.54 Å². The molecule has 88 valence electrons. The molecule has 0 spiro atoms. The van der Waals surface area contributed by atoms with Gasteiger partial charge in [-0.15, -0.1) is 0 Å². The Bertz CT molecular complexity index is 222. The Morgan fingerprint density at radius 2 is 1.67 bits per heavy atom. The lowest BCUT2D eigenvalue weighted by atomic mass is 9.82. The summed E-state index contributed by atoms with van der Waals surface area (Å²) in [4.78, 5) is 2.70. The highest BCUT2D eigenvalue weighted by Crippen LogP contribution is 2.45. The third kappa shape index (κ3) is 1.83. The molecule has 2 aliphatic rings. The van der Waals surface area contributed by atoms with Crippen LogP contribution in [0.1, 0.15) is 48.0 Å². The summed E-state index contributed by atoms with van der Waals surface area (Å²) in [5.41, 5.74) is 0.578. The maximum atomic E-state index is 5.87. The molecule has 2 rings (SSSR count). The lowest BCUT2D eigenvalue weighted by Gasteiger charge is -2.49. The summed E-state index contributed by atoms with van der Waals surface area (Å²) in [6, 6.07) is 1.23. The van der Waals surface area contributed by atoms with Crippen molar-refractivity contribution in [3.05, 3.63) is 0 Å². The Morgan fingerprint density at radius 3 is 2.07 bits per heavy atom. The number of likely N-dealkylation sites (tertiary alicyclic amines) is 1. The van der Waals surface area contributed by atoms with Crippen molar-refractivity contribution in [2.45, 2.75) is 71.7 Å². The van der Waals surface area contributed by atoms with Gasteiger partial charge in [0.1, 0.15) is 0 Å². The van der Waals surface area contributed by atoms with E-state index >= 15 is 0 Å². The van der Waals surface area contributed by atoms with E-state index in [1.165, 1.54) is 6.42 Å². The summed E-state index contributed by atoms with van der Waals surface area (Å²) in [7, 11) is 0. The van der Waals surface area contributed by atoms with Gasteiger partial charge in [-0.1, -0.05) is 20.8 Å². The van der Waals surface area contributed by atoms with E-state index < -0.39 is 0 Å². The molecular formula is C13H25NO. The van der Waals surface area contributed by atoms with Gasteiger partial charge in [0, 0.05) is 17.6 Å². The van der Waals surface area contributed by atoms with E-state index in [1.54, 1.807) is 0 Å². The standard InChI is InChI=1S/C13H25NO/c1-12(2,3)11-10-7-9(8-15-10)14(11)13(4,5)6/h9-11H,7-8H2,1-6H3. The molecule has 3 unspecified atom stereocenters. The van der Waals surface area contributed by atoms with Gasteiger partial charge in [0.15, 0.2) is 0 Å². The van der Waals surface area contributed by atoms with Gasteiger partial charge >= 0.3 is 0 Å². The molecule has 0 saturated carbocycles. The predicted molar refractivity (Wildman–Crippen MR) is 63.0 cm³/mol. The first kappa shape index (κ1) is 11.4. The second-order valence-corrected chi connectivity index (χ2v) is 7.15. The number of morpholine rings is 1. The molecule has 0 aliphatic carbocycles. The lowest BCUT2D eigenvalue weighted by Crippen LogP contribution is -2.59. The number of ether oxygens (including phenoxy) is 1. The van der Waals surface area contributed by atoms with E-state index in [9.17, 15) is 0 Å². The number of hydrogen-bond acceptors (Lipinski definition) is 2. The Hall–Kier alpha value is -0.0800. The molecule has 2 heteroatoms. The van der Waals surface area contributed by atoms with Crippen molar-refractivity contribution in [1.29, 1.82) is 0 Å². The summed E-state index contributed by atoms with van der Waals surface area (Å²) < 4.78 is 5.87. The van der Waals surface area contributed by atoms with Crippen LogP contribution in [0.4, 0.5) is 0 Å². The zero-order chi connectivity index (χ0) is 11.4. The molecule has 0 aromatic heterocycles. The van der Waals surface area contributed by atoms with Gasteiger partial charge in [-0.05, 0) is 32.6 Å². The largest absolute Gasteiger partial charge is 0.375 e. The van der Waals surface area contributed by atoms with Gasteiger partial charge in [0.25, 0.3) is 0 Å². The SMILES string of the molecule is CC(C)(C)C1C2CC(CO2)N1C(C)(C)C. The summed E-state index contributed by atoms with van der Waals surface area (Å²) in [6.07, 6.45) is 1.70. The highest BCUT2D eigenvalue weighted by Gasteiger charge is 2.54. The quantitative estimate of drug-likeness (QED) is 0.611. The maximum absolute atomic E-state index is 5.87. The molecule has 15 heavy (non-hydrogen) atoms. The smallest absolute Gasteiger partial charge is 0.0752 e. The van der Waals surface area contributed by atoms with E-state index in [0.29, 0.717) is 23.6 Å². The van der Waals surface area contributed by atoms with Crippen molar-refractivity contribution < 1.29 is 4.74 Å². The first-order valence-corrected chi connectivity index (χ1v) is 6.11. The fourth-order valence-corrected chi connectivity index (χ4v) is 3.40. The molecule has 0 radical (unpaired) electrons. The Balaban J connectivity index is 2.28. The fourth-order valence-electron chi connectivity index (χ4n) is 3.40. The fraction of sp³-hybridized carbons (Fsp3) is 1.00. The van der Waals surface area contributed by atoms with E-state index in [0.717, 1.165) is 6.61 Å². The Kier molecular flexibility index (Phi) is 2.44. The predicted octanol–water partition coefficient (Wildman–Crippen LogP) is 2.67. The summed E-state index contributed by atoms with van der Waals surface area (Å²) in [5, 5.41) is 0. The van der Waals surface area contributed by atoms with Crippen LogP contribution in [-0.4, -0.2) is 35.2 Å². The third-order valence-corrected chi connectivity index (χ3v) is 3.71. The van der Waals surface area contributed by atoms with Crippen LogP contribution in [0.15, 0.2) is 0 Å². The summed E-state index contributed by atoms with van der Waals surface area (Å²) in [6.45, 7) is 14.9. The van der Waals surface area contributed by atoms with Gasteiger partial charge in [-0.2, -0.15) is 0 Å². The van der Waals surface area contributed by atoms with E-state index in [4.69, 9.17) is 4.74 Å². The maximum Gasteiger partial charge on any atom is 0.0752 e. The number of nitrogens with zero attached hydrogens (tertiary/aromatic N) is 1. The minimum absolute atomic E-state index is 0.265. The first-order chi connectivity index (χ1) is 6.71. The van der Waals surface area contributed by atoms with Crippen molar-refractivity contribution in [1.82, 2.24) is 4.90 Å². The zero-order valence-electron chi connectivity index (χ0n) is 11.0. The van der Waals surface area contributed by atoms with Crippen LogP contribution in [0.25, 0.3) is 0 Å². The molecule has 0 amide bonds. The minimum atomic E-state index is 0.265. The van der Waals surface area contributed by atoms with Crippen LogP contribution in [0.2, 0.25) is 0 Å². The topological polar surface area (TPSA) is 12.5 Å². The molecule has 2 saturated heterocycles. The van der Waals surface area contributed by atoms with Crippen molar-refractivity contribution in [2.75, 3.05) is 6.61 Å². The second kappa shape index (κ2) is 3.21. The highest BCUT2D eigenvalue weighted by atomic mass is 16.5. The average molecular weight is 211 g/mol. The van der Waals surface area contributed by atoms with Crippen molar-refractivity contribution in [3.8, 4) is 0 Å². The second-order valence-electron chi connectivity index (χ2n) is 7.15. The van der Waals surface area contributed by atoms with Crippen LogP contribution in [-0.2, 0) is 4.74 Å². The van der Waals surface area contributed by atoms with E-state index in [1.807, 2.05) is 0 Å². The number of rotatable bonds is 0. The van der Waals surface area contributed by atoms with Crippen LogP contribution in [0.3, 0.4) is 0 Å². The van der Waals surface area contributed by atoms with Crippen molar-refractivity contribution in [3.63, 3.8) is 0 Å². The molecule has 0 aromatic carbocycles. The molecule has 2 bridgehead atoms. The molecular weight excluding hydrogens is 186 g/mol. The average Bonchev–Trinajstić information content (AvgIpc) is 2.56.